The molecule has 2 rings (SSSR count). The van der Waals surface area contributed by atoms with Gasteiger partial charge in [-0.15, -0.1) is 0 Å². The third-order valence-corrected chi connectivity index (χ3v) is 3.47. The van der Waals surface area contributed by atoms with E-state index < -0.39 is 5.97 Å². The topological polar surface area (TPSA) is 35.5 Å². The van der Waals surface area contributed by atoms with Crippen LogP contribution in [0.2, 0.25) is 5.02 Å². The maximum Gasteiger partial charge on any atom is 0.374 e. The molecule has 3 nitrogen and oxygen atoms in total. The summed E-state index contributed by atoms with van der Waals surface area (Å²) >= 11 is 9.21. The van der Waals surface area contributed by atoms with Crippen molar-refractivity contribution < 1.29 is 14.3 Å². The normalized spacial score (nSPS) is 11.1. The minimum Gasteiger partial charge on any atom is -0.460 e. The minimum atomic E-state index is -0.514. The average Bonchev–Trinajstić information content (AvgIpc) is 2.51. The first kappa shape index (κ1) is 16.6. The zero-order valence-electron chi connectivity index (χ0n) is 11.9. The van der Waals surface area contributed by atoms with E-state index in [2.05, 4.69) is 15.9 Å². The standard InChI is InChI=1S/C17H14BrClO3/c1-2-21-17(20)16(11-12-3-5-13(18)6-4-12)22-15-9-7-14(19)8-10-15/h3-11H,2H2,1H3/b16-11-. The number of carbonyl (C=O) groups excluding carboxylic acids is 1. The third-order valence-electron chi connectivity index (χ3n) is 2.69. The first-order chi connectivity index (χ1) is 10.6. The van der Waals surface area contributed by atoms with Crippen LogP contribution in [0.25, 0.3) is 6.08 Å². The van der Waals surface area contributed by atoms with Gasteiger partial charge in [0.25, 0.3) is 0 Å². The van der Waals surface area contributed by atoms with Gasteiger partial charge < -0.3 is 9.47 Å². The number of esters is 1. The number of benzene rings is 2. The van der Waals surface area contributed by atoms with E-state index in [1.54, 1.807) is 37.3 Å². The van der Waals surface area contributed by atoms with Crippen molar-refractivity contribution in [3.63, 3.8) is 0 Å². The molecule has 0 atom stereocenters. The summed E-state index contributed by atoms with van der Waals surface area (Å²) in [6, 6.07) is 14.3. The molecule has 2 aromatic carbocycles. The van der Waals surface area contributed by atoms with Gasteiger partial charge >= 0.3 is 5.97 Å². The minimum absolute atomic E-state index is 0.117. The maximum atomic E-state index is 12.0. The van der Waals surface area contributed by atoms with Gasteiger partial charge in [0, 0.05) is 9.50 Å². The van der Waals surface area contributed by atoms with Crippen molar-refractivity contribution in [1.82, 2.24) is 0 Å². The summed E-state index contributed by atoms with van der Waals surface area (Å²) in [5.74, 6) is 0.118. The lowest BCUT2D eigenvalue weighted by Gasteiger charge is -2.09. The molecule has 5 heteroatoms. The third kappa shape index (κ3) is 4.90. The van der Waals surface area contributed by atoms with Crippen molar-refractivity contribution in [2.45, 2.75) is 6.92 Å². The number of ether oxygens (including phenoxy) is 2. The van der Waals surface area contributed by atoms with Gasteiger partial charge in [0.2, 0.25) is 5.76 Å². The van der Waals surface area contributed by atoms with Crippen LogP contribution in [-0.4, -0.2) is 12.6 Å². The van der Waals surface area contributed by atoms with E-state index in [0.717, 1.165) is 10.0 Å². The molecule has 0 unspecified atom stereocenters. The summed E-state index contributed by atoms with van der Waals surface area (Å²) in [4.78, 5) is 12.0. The van der Waals surface area contributed by atoms with Crippen LogP contribution < -0.4 is 4.74 Å². The summed E-state index contributed by atoms with van der Waals surface area (Å²) in [6.45, 7) is 2.03. The predicted molar refractivity (Wildman–Crippen MR) is 90.8 cm³/mol. The Labute approximate surface area is 142 Å². The number of halogens is 2. The summed E-state index contributed by atoms with van der Waals surface area (Å²) in [5, 5.41) is 0.599. The van der Waals surface area contributed by atoms with Crippen molar-refractivity contribution >= 4 is 39.6 Å². The molecule has 0 bridgehead atoms. The van der Waals surface area contributed by atoms with E-state index in [9.17, 15) is 4.79 Å². The van der Waals surface area contributed by atoms with Gasteiger partial charge in [0.05, 0.1) is 6.61 Å². The second-order valence-corrected chi connectivity index (χ2v) is 5.69. The van der Waals surface area contributed by atoms with Crippen molar-refractivity contribution in [3.8, 4) is 5.75 Å². The van der Waals surface area contributed by atoms with Crippen LogP contribution in [0.5, 0.6) is 5.75 Å². The van der Waals surface area contributed by atoms with Gasteiger partial charge in [-0.1, -0.05) is 39.7 Å². The van der Waals surface area contributed by atoms with Crippen molar-refractivity contribution in [3.05, 3.63) is 69.3 Å². The zero-order valence-corrected chi connectivity index (χ0v) is 14.2. The summed E-state index contributed by atoms with van der Waals surface area (Å²) in [7, 11) is 0. The van der Waals surface area contributed by atoms with E-state index in [4.69, 9.17) is 21.1 Å². The van der Waals surface area contributed by atoms with Crippen LogP contribution in [0.15, 0.2) is 58.8 Å². The number of hydrogen-bond donors (Lipinski definition) is 0. The molecule has 0 amide bonds. The highest BCUT2D eigenvalue weighted by molar-refractivity contribution is 9.10. The molecule has 0 aliphatic carbocycles. The van der Waals surface area contributed by atoms with E-state index >= 15 is 0 Å². The fourth-order valence-corrected chi connectivity index (χ4v) is 2.06. The number of carbonyl (C=O) groups is 1. The second kappa shape index (κ2) is 8.01. The molecule has 0 aliphatic heterocycles. The largest absolute Gasteiger partial charge is 0.460 e. The Hall–Kier alpha value is -1.78. The fourth-order valence-electron chi connectivity index (χ4n) is 1.67. The molecule has 0 radical (unpaired) electrons. The van der Waals surface area contributed by atoms with Crippen molar-refractivity contribution in [2.24, 2.45) is 0 Å². The second-order valence-electron chi connectivity index (χ2n) is 4.34. The first-order valence-corrected chi connectivity index (χ1v) is 7.83. The van der Waals surface area contributed by atoms with Crippen LogP contribution in [0.1, 0.15) is 12.5 Å². The van der Waals surface area contributed by atoms with Gasteiger partial charge in [-0.25, -0.2) is 4.79 Å². The van der Waals surface area contributed by atoms with Crippen molar-refractivity contribution in [2.75, 3.05) is 6.61 Å². The highest BCUT2D eigenvalue weighted by Gasteiger charge is 2.13. The van der Waals surface area contributed by atoms with Crippen LogP contribution in [-0.2, 0) is 9.53 Å². The van der Waals surface area contributed by atoms with E-state index in [1.165, 1.54) is 0 Å². The summed E-state index contributed by atoms with van der Waals surface area (Å²) in [6.07, 6.45) is 1.64. The lowest BCUT2D eigenvalue weighted by molar-refractivity contribution is -0.140. The molecule has 0 saturated heterocycles. The Morgan fingerprint density at radius 1 is 1.14 bits per heavy atom. The van der Waals surface area contributed by atoms with E-state index in [0.29, 0.717) is 10.8 Å². The average molecular weight is 382 g/mol. The van der Waals surface area contributed by atoms with E-state index in [-0.39, 0.29) is 12.4 Å². The lowest BCUT2D eigenvalue weighted by Crippen LogP contribution is -2.12. The summed E-state index contributed by atoms with van der Waals surface area (Å²) < 4.78 is 11.6. The van der Waals surface area contributed by atoms with Gasteiger partial charge in [0.1, 0.15) is 5.75 Å². The van der Waals surface area contributed by atoms with Gasteiger partial charge in [-0.2, -0.15) is 0 Å². The molecular formula is C17H14BrClO3. The molecule has 0 saturated carbocycles. The number of hydrogen-bond acceptors (Lipinski definition) is 3. The molecule has 22 heavy (non-hydrogen) atoms. The molecule has 114 valence electrons. The SMILES string of the molecule is CCOC(=O)/C(=C/c1ccc(Br)cc1)Oc1ccc(Cl)cc1. The molecule has 0 heterocycles. The smallest absolute Gasteiger partial charge is 0.374 e. The Morgan fingerprint density at radius 3 is 2.36 bits per heavy atom. The van der Waals surface area contributed by atoms with Gasteiger partial charge in [-0.05, 0) is 55.0 Å². The molecule has 0 N–H and O–H groups in total. The monoisotopic (exact) mass is 380 g/mol. The van der Waals surface area contributed by atoms with Crippen LogP contribution in [0.3, 0.4) is 0 Å². The van der Waals surface area contributed by atoms with Gasteiger partial charge in [-0.3, -0.25) is 0 Å². The predicted octanol–water partition coefficient (Wildman–Crippen LogP) is 5.09. The molecule has 0 aliphatic rings. The Bertz CT molecular complexity index is 663. The van der Waals surface area contributed by atoms with Gasteiger partial charge in [0.15, 0.2) is 0 Å². The Kier molecular flexibility index (Phi) is 6.04. The number of rotatable bonds is 5. The van der Waals surface area contributed by atoms with Crippen LogP contribution in [0.4, 0.5) is 0 Å². The highest BCUT2D eigenvalue weighted by Crippen LogP contribution is 2.20. The zero-order chi connectivity index (χ0) is 15.9. The van der Waals surface area contributed by atoms with E-state index in [1.807, 2.05) is 24.3 Å². The molecule has 0 fully saturated rings. The highest BCUT2D eigenvalue weighted by atomic mass is 79.9. The first-order valence-electron chi connectivity index (χ1n) is 6.66. The Morgan fingerprint density at radius 2 is 1.77 bits per heavy atom. The fraction of sp³-hybridized carbons (Fsp3) is 0.118. The Balaban J connectivity index is 2.27. The summed E-state index contributed by atoms with van der Waals surface area (Å²) in [5.41, 5.74) is 0.834. The van der Waals surface area contributed by atoms with Crippen LogP contribution >= 0.6 is 27.5 Å². The molecule has 0 aromatic heterocycles. The quantitative estimate of drug-likeness (QED) is 0.411. The molecular weight excluding hydrogens is 368 g/mol. The molecule has 2 aromatic rings. The lowest BCUT2D eigenvalue weighted by atomic mass is 10.2. The van der Waals surface area contributed by atoms with Crippen molar-refractivity contribution in [1.29, 1.82) is 0 Å². The van der Waals surface area contributed by atoms with Crippen LogP contribution in [0, 0.1) is 0 Å². The molecule has 0 spiro atoms. The maximum absolute atomic E-state index is 12.0.